The Labute approximate surface area is 102 Å². The Bertz CT molecular complexity index is 351. The van der Waals surface area contributed by atoms with Gasteiger partial charge in [-0.1, -0.05) is 0 Å². The van der Waals surface area contributed by atoms with Crippen LogP contribution >= 0.6 is 0 Å². The van der Waals surface area contributed by atoms with E-state index in [-0.39, 0.29) is 18.0 Å². The summed E-state index contributed by atoms with van der Waals surface area (Å²) in [5.41, 5.74) is 0. The highest BCUT2D eigenvalue weighted by atomic mass is 16.2. The Hall–Kier alpha value is -1.06. The summed E-state index contributed by atoms with van der Waals surface area (Å²) in [6, 6.07) is 0.464. The Kier molecular flexibility index (Phi) is 2.60. The van der Waals surface area contributed by atoms with E-state index in [0.717, 1.165) is 19.4 Å². The second-order valence-electron chi connectivity index (χ2n) is 5.81. The minimum Gasteiger partial charge on any atom is -0.344 e. The van der Waals surface area contributed by atoms with Gasteiger partial charge in [-0.25, -0.2) is 0 Å². The molecule has 0 radical (unpaired) electrons. The second-order valence-corrected chi connectivity index (χ2v) is 5.81. The highest BCUT2D eigenvalue weighted by Crippen LogP contribution is 2.36. The lowest BCUT2D eigenvalue weighted by Gasteiger charge is -2.28. The van der Waals surface area contributed by atoms with Gasteiger partial charge in [0.15, 0.2) is 0 Å². The Balaban J connectivity index is 1.74. The molecule has 4 heteroatoms. The molecule has 3 rings (SSSR count). The quantitative estimate of drug-likeness (QED) is 0.718. The Morgan fingerprint density at radius 2 is 1.94 bits per heavy atom. The summed E-state index contributed by atoms with van der Waals surface area (Å²) in [4.78, 5) is 27.9. The van der Waals surface area contributed by atoms with Crippen molar-refractivity contribution in [3.63, 3.8) is 0 Å². The zero-order valence-corrected chi connectivity index (χ0v) is 10.4. The van der Waals surface area contributed by atoms with Crippen LogP contribution in [0.25, 0.3) is 0 Å². The van der Waals surface area contributed by atoms with Crippen molar-refractivity contribution >= 4 is 11.8 Å². The molecule has 2 heterocycles. The summed E-state index contributed by atoms with van der Waals surface area (Å²) in [5.74, 6) is 1.13. The predicted molar refractivity (Wildman–Crippen MR) is 63.3 cm³/mol. The summed E-state index contributed by atoms with van der Waals surface area (Å²) in [7, 11) is 1.85. The smallest absolute Gasteiger partial charge is 0.224 e. The molecule has 2 bridgehead atoms. The van der Waals surface area contributed by atoms with Crippen LogP contribution in [-0.2, 0) is 9.59 Å². The average molecular weight is 236 g/mol. The summed E-state index contributed by atoms with van der Waals surface area (Å²) < 4.78 is 0. The minimum absolute atomic E-state index is 0.184. The number of likely N-dealkylation sites (tertiary alicyclic amines) is 1. The highest BCUT2D eigenvalue weighted by Gasteiger charge is 2.42. The van der Waals surface area contributed by atoms with Crippen molar-refractivity contribution in [2.75, 3.05) is 13.6 Å². The largest absolute Gasteiger partial charge is 0.344 e. The molecule has 1 saturated carbocycles. The average Bonchev–Trinajstić information content (AvgIpc) is 3.00. The number of amides is 2. The first kappa shape index (κ1) is 11.1. The fraction of sp³-hybridized carbons (Fsp3) is 0.846. The van der Waals surface area contributed by atoms with E-state index in [9.17, 15) is 9.59 Å². The molecule has 0 aromatic carbocycles. The zero-order chi connectivity index (χ0) is 12.0. The molecule has 1 aliphatic carbocycles. The first-order valence-electron chi connectivity index (χ1n) is 6.70. The van der Waals surface area contributed by atoms with Gasteiger partial charge in [-0.2, -0.15) is 0 Å². The van der Waals surface area contributed by atoms with Gasteiger partial charge in [0, 0.05) is 38.5 Å². The van der Waals surface area contributed by atoms with Crippen LogP contribution in [0.4, 0.5) is 0 Å². The van der Waals surface area contributed by atoms with Crippen molar-refractivity contribution in [2.24, 2.45) is 5.92 Å². The van der Waals surface area contributed by atoms with Crippen molar-refractivity contribution in [3.05, 3.63) is 0 Å². The minimum atomic E-state index is 0.184. The first-order valence-corrected chi connectivity index (χ1v) is 6.70. The molecule has 94 valence electrons. The number of fused-ring (bicyclic) bond motifs is 2. The molecule has 17 heavy (non-hydrogen) atoms. The van der Waals surface area contributed by atoms with Crippen LogP contribution < -0.4 is 0 Å². The van der Waals surface area contributed by atoms with Gasteiger partial charge >= 0.3 is 0 Å². The maximum atomic E-state index is 12.3. The topological polar surface area (TPSA) is 40.6 Å². The van der Waals surface area contributed by atoms with Crippen LogP contribution in [0, 0.1) is 5.92 Å². The number of hydrogen-bond donors (Lipinski definition) is 0. The van der Waals surface area contributed by atoms with Crippen molar-refractivity contribution in [1.29, 1.82) is 0 Å². The van der Waals surface area contributed by atoms with Gasteiger partial charge in [-0.05, 0) is 31.6 Å². The first-order chi connectivity index (χ1) is 8.15. The van der Waals surface area contributed by atoms with Crippen molar-refractivity contribution in [2.45, 2.75) is 50.6 Å². The van der Waals surface area contributed by atoms with Gasteiger partial charge in [0.1, 0.15) is 0 Å². The maximum Gasteiger partial charge on any atom is 0.224 e. The number of carbonyl (C=O) groups is 2. The summed E-state index contributed by atoms with van der Waals surface area (Å²) in [5, 5.41) is 0. The van der Waals surface area contributed by atoms with Crippen LogP contribution in [-0.4, -0.2) is 47.3 Å². The number of likely N-dealkylation sites (N-methyl/N-ethyl adjacent to an activating group) is 1. The van der Waals surface area contributed by atoms with Crippen molar-refractivity contribution < 1.29 is 9.59 Å². The monoisotopic (exact) mass is 236 g/mol. The van der Waals surface area contributed by atoms with Crippen LogP contribution in [0.15, 0.2) is 0 Å². The van der Waals surface area contributed by atoms with Crippen LogP contribution in [0.5, 0.6) is 0 Å². The zero-order valence-electron chi connectivity index (χ0n) is 10.4. The SMILES string of the molecule is CN1CC2CC[C@H](CC1=O)N2C(=O)CC1CC1. The molecule has 4 nitrogen and oxygen atoms in total. The Morgan fingerprint density at radius 1 is 1.24 bits per heavy atom. The predicted octanol–water partition coefficient (Wildman–Crippen LogP) is 1.01. The maximum absolute atomic E-state index is 12.3. The molecule has 0 aromatic heterocycles. The molecule has 2 saturated heterocycles. The molecule has 3 fully saturated rings. The summed E-state index contributed by atoms with van der Waals surface area (Å²) >= 11 is 0. The highest BCUT2D eigenvalue weighted by molar-refractivity contribution is 5.82. The van der Waals surface area contributed by atoms with Gasteiger partial charge in [0.25, 0.3) is 0 Å². The number of nitrogens with zero attached hydrogens (tertiary/aromatic N) is 2. The molecule has 2 aliphatic heterocycles. The lowest BCUT2D eigenvalue weighted by Crippen LogP contribution is -2.42. The fourth-order valence-electron chi connectivity index (χ4n) is 3.20. The van der Waals surface area contributed by atoms with Gasteiger partial charge < -0.3 is 9.80 Å². The standard InChI is InChI=1S/C13H20N2O2/c1-14-8-11-5-4-10(7-12(14)16)15(11)13(17)6-9-2-3-9/h9-11H,2-8H2,1H3/t10-,11?/m1/s1. The third kappa shape index (κ3) is 2.05. The van der Waals surface area contributed by atoms with Gasteiger partial charge in [-0.15, -0.1) is 0 Å². The third-order valence-corrected chi connectivity index (χ3v) is 4.39. The lowest BCUT2D eigenvalue weighted by atomic mass is 10.1. The molecule has 0 spiro atoms. The van der Waals surface area contributed by atoms with E-state index in [1.165, 1.54) is 12.8 Å². The number of rotatable bonds is 2. The van der Waals surface area contributed by atoms with Crippen LogP contribution in [0.1, 0.15) is 38.5 Å². The van der Waals surface area contributed by atoms with Crippen LogP contribution in [0.3, 0.4) is 0 Å². The molecular formula is C13H20N2O2. The fourth-order valence-corrected chi connectivity index (χ4v) is 3.20. The van der Waals surface area contributed by atoms with E-state index in [0.29, 0.717) is 24.7 Å². The van der Waals surface area contributed by atoms with E-state index < -0.39 is 0 Å². The van der Waals surface area contributed by atoms with Crippen LogP contribution in [0.2, 0.25) is 0 Å². The van der Waals surface area contributed by atoms with Gasteiger partial charge in [0.05, 0.1) is 0 Å². The Morgan fingerprint density at radius 3 is 2.65 bits per heavy atom. The lowest BCUT2D eigenvalue weighted by molar-refractivity contribution is -0.134. The van der Waals surface area contributed by atoms with Crippen molar-refractivity contribution in [3.8, 4) is 0 Å². The number of carbonyl (C=O) groups excluding carboxylic acids is 2. The molecular weight excluding hydrogens is 216 g/mol. The van der Waals surface area contributed by atoms with Crippen molar-refractivity contribution in [1.82, 2.24) is 9.80 Å². The molecule has 0 N–H and O–H groups in total. The molecule has 2 amide bonds. The van der Waals surface area contributed by atoms with Gasteiger partial charge in [-0.3, -0.25) is 9.59 Å². The normalized spacial score (nSPS) is 32.9. The molecule has 3 aliphatic rings. The molecule has 0 aromatic rings. The molecule has 1 unspecified atom stereocenters. The van der Waals surface area contributed by atoms with E-state index in [1.807, 2.05) is 11.9 Å². The third-order valence-electron chi connectivity index (χ3n) is 4.39. The summed E-state index contributed by atoms with van der Waals surface area (Å²) in [6.07, 6.45) is 5.76. The second kappa shape index (κ2) is 4.00. The number of hydrogen-bond acceptors (Lipinski definition) is 2. The van der Waals surface area contributed by atoms with Gasteiger partial charge in [0.2, 0.25) is 11.8 Å². The van der Waals surface area contributed by atoms with E-state index in [4.69, 9.17) is 0 Å². The molecule has 2 atom stereocenters. The summed E-state index contributed by atoms with van der Waals surface area (Å²) in [6.45, 7) is 0.728. The van der Waals surface area contributed by atoms with E-state index in [1.54, 1.807) is 4.90 Å². The van der Waals surface area contributed by atoms with E-state index >= 15 is 0 Å². The van der Waals surface area contributed by atoms with E-state index in [2.05, 4.69) is 0 Å².